The molecule has 0 heterocycles. The predicted octanol–water partition coefficient (Wildman–Crippen LogP) is 2.51. The zero-order chi connectivity index (χ0) is 16.3. The van der Waals surface area contributed by atoms with E-state index in [0.29, 0.717) is 6.42 Å². The molecule has 22 heavy (non-hydrogen) atoms. The number of benzene rings is 1. The van der Waals surface area contributed by atoms with Crippen LogP contribution in [0.3, 0.4) is 0 Å². The molecule has 126 valence electrons. The lowest BCUT2D eigenvalue weighted by Gasteiger charge is -2.16. The summed E-state index contributed by atoms with van der Waals surface area (Å²) in [6.07, 6.45) is 6.67. The molecule has 0 saturated heterocycles. The summed E-state index contributed by atoms with van der Waals surface area (Å²) >= 11 is 0. The van der Waals surface area contributed by atoms with Crippen LogP contribution in [0.1, 0.15) is 50.5 Å². The molecule has 1 aromatic carbocycles. The van der Waals surface area contributed by atoms with Crippen LogP contribution in [0.15, 0.2) is 30.3 Å². The highest BCUT2D eigenvalue weighted by Gasteiger charge is 2.21. The van der Waals surface area contributed by atoms with Crippen LogP contribution >= 0.6 is 0 Å². The van der Waals surface area contributed by atoms with Crippen molar-refractivity contribution in [2.45, 2.75) is 57.0 Å². The molecule has 0 fully saturated rings. The summed E-state index contributed by atoms with van der Waals surface area (Å²) in [4.78, 5) is 0. The fourth-order valence-corrected chi connectivity index (χ4v) is 3.02. The van der Waals surface area contributed by atoms with Crippen LogP contribution < -0.4 is 10.9 Å². The van der Waals surface area contributed by atoms with E-state index in [-0.39, 0.29) is 6.61 Å². The van der Waals surface area contributed by atoms with Crippen LogP contribution in [0.4, 0.5) is 0 Å². The maximum absolute atomic E-state index is 11.6. The van der Waals surface area contributed by atoms with Gasteiger partial charge in [0.25, 0.3) is 0 Å². The van der Waals surface area contributed by atoms with E-state index >= 15 is 0 Å². The summed E-state index contributed by atoms with van der Waals surface area (Å²) in [6, 6.07) is 9.50. The molecule has 6 heteroatoms. The first-order valence-electron chi connectivity index (χ1n) is 7.91. The number of ether oxygens (including phenoxy) is 1. The molecule has 0 aliphatic heterocycles. The van der Waals surface area contributed by atoms with Crippen molar-refractivity contribution in [1.29, 1.82) is 0 Å². The van der Waals surface area contributed by atoms with Crippen LogP contribution in [0, 0.1) is 0 Å². The Morgan fingerprint density at radius 2 is 1.55 bits per heavy atom. The summed E-state index contributed by atoms with van der Waals surface area (Å²) in [5.41, 5.74) is 5.46. The van der Waals surface area contributed by atoms with Gasteiger partial charge >= 0.3 is 0 Å². The maximum Gasteiger partial charge on any atom is 0.236 e. The van der Waals surface area contributed by atoms with Gasteiger partial charge in [0.15, 0.2) is 5.44 Å². The number of primary sulfonamides is 1. The largest absolute Gasteiger partial charge is 0.356 e. The Labute approximate surface area is 134 Å². The first kappa shape index (κ1) is 19.1. The standard InChI is InChI=1S/C16H28N2O3S/c17-13-9-4-2-1-3-8-12-16(22(18,19)20)21-14-15-10-6-5-7-11-15/h5-7,10-11,16H,1-4,8-9,12-14,17H2,(H2,18,19,20). The lowest BCUT2D eigenvalue weighted by molar-refractivity contribution is 0.0847. The second kappa shape index (κ2) is 10.7. The lowest BCUT2D eigenvalue weighted by atomic mass is 10.1. The summed E-state index contributed by atoms with van der Waals surface area (Å²) in [6.45, 7) is 0.999. The van der Waals surface area contributed by atoms with Crippen molar-refractivity contribution in [3.8, 4) is 0 Å². The van der Waals surface area contributed by atoms with Gasteiger partial charge in [0.2, 0.25) is 10.0 Å². The fraction of sp³-hybridized carbons (Fsp3) is 0.625. The highest BCUT2D eigenvalue weighted by atomic mass is 32.2. The second-order valence-corrected chi connectivity index (χ2v) is 7.22. The van der Waals surface area contributed by atoms with Crippen LogP contribution in [0.2, 0.25) is 0 Å². The van der Waals surface area contributed by atoms with Gasteiger partial charge in [-0.05, 0) is 31.4 Å². The lowest BCUT2D eigenvalue weighted by Crippen LogP contribution is -2.31. The average molecular weight is 328 g/mol. The molecule has 1 aromatic rings. The number of hydrogen-bond donors (Lipinski definition) is 2. The van der Waals surface area contributed by atoms with Gasteiger partial charge in [-0.25, -0.2) is 13.6 Å². The molecule has 5 nitrogen and oxygen atoms in total. The smallest absolute Gasteiger partial charge is 0.236 e. The Hall–Kier alpha value is -0.950. The third-order valence-corrected chi connectivity index (χ3v) is 4.64. The highest BCUT2D eigenvalue weighted by Crippen LogP contribution is 2.15. The maximum atomic E-state index is 11.6. The van der Waals surface area contributed by atoms with Crippen molar-refractivity contribution in [3.05, 3.63) is 35.9 Å². The first-order chi connectivity index (χ1) is 10.5. The van der Waals surface area contributed by atoms with Gasteiger partial charge in [-0.15, -0.1) is 0 Å². The van der Waals surface area contributed by atoms with Crippen molar-refractivity contribution in [3.63, 3.8) is 0 Å². The van der Waals surface area contributed by atoms with Gasteiger partial charge in [-0.1, -0.05) is 56.0 Å². The molecule has 0 aliphatic carbocycles. The van der Waals surface area contributed by atoms with Crippen molar-refractivity contribution in [1.82, 2.24) is 0 Å². The third-order valence-electron chi connectivity index (χ3n) is 3.54. The van der Waals surface area contributed by atoms with Crippen molar-refractivity contribution < 1.29 is 13.2 Å². The topological polar surface area (TPSA) is 95.4 Å². The molecule has 1 atom stereocenters. The molecule has 0 saturated carbocycles. The van der Waals surface area contributed by atoms with E-state index in [2.05, 4.69) is 0 Å². The van der Waals surface area contributed by atoms with Crippen LogP contribution in [0.25, 0.3) is 0 Å². The Morgan fingerprint density at radius 1 is 0.955 bits per heavy atom. The van der Waals surface area contributed by atoms with E-state index in [1.54, 1.807) is 0 Å². The molecule has 0 radical (unpaired) electrons. The minimum absolute atomic E-state index is 0.262. The predicted molar refractivity (Wildman–Crippen MR) is 89.5 cm³/mol. The first-order valence-corrected chi connectivity index (χ1v) is 9.52. The quantitative estimate of drug-likeness (QED) is 0.576. The van der Waals surface area contributed by atoms with E-state index in [1.807, 2.05) is 30.3 Å². The minimum Gasteiger partial charge on any atom is -0.356 e. The summed E-state index contributed by atoms with van der Waals surface area (Å²) in [7, 11) is -3.68. The van der Waals surface area contributed by atoms with E-state index in [4.69, 9.17) is 15.6 Å². The SMILES string of the molecule is NCCCCCCCCC(OCc1ccccc1)S(N)(=O)=O. The van der Waals surface area contributed by atoms with Crippen LogP contribution in [-0.4, -0.2) is 20.4 Å². The summed E-state index contributed by atoms with van der Waals surface area (Å²) in [5, 5.41) is 5.26. The third kappa shape index (κ3) is 8.48. The Bertz CT molecular complexity index is 491. The summed E-state index contributed by atoms with van der Waals surface area (Å²) in [5.74, 6) is 0. The molecular weight excluding hydrogens is 300 g/mol. The van der Waals surface area contributed by atoms with E-state index in [1.165, 1.54) is 0 Å². The summed E-state index contributed by atoms with van der Waals surface area (Å²) < 4.78 is 28.7. The zero-order valence-electron chi connectivity index (χ0n) is 13.1. The van der Waals surface area contributed by atoms with Crippen molar-refractivity contribution in [2.75, 3.05) is 6.54 Å². The average Bonchev–Trinajstić information content (AvgIpc) is 2.49. The Balaban J connectivity index is 2.30. The Morgan fingerprint density at radius 3 is 2.14 bits per heavy atom. The van der Waals surface area contributed by atoms with Gasteiger partial charge in [0, 0.05) is 0 Å². The van der Waals surface area contributed by atoms with Gasteiger partial charge in [-0.2, -0.15) is 0 Å². The van der Waals surface area contributed by atoms with E-state index in [0.717, 1.165) is 50.6 Å². The van der Waals surface area contributed by atoms with Crippen molar-refractivity contribution in [2.24, 2.45) is 10.9 Å². The molecule has 4 N–H and O–H groups in total. The van der Waals surface area contributed by atoms with E-state index in [9.17, 15) is 8.42 Å². The minimum atomic E-state index is -3.68. The van der Waals surface area contributed by atoms with Crippen LogP contribution in [-0.2, 0) is 21.4 Å². The van der Waals surface area contributed by atoms with E-state index < -0.39 is 15.5 Å². The molecule has 1 rings (SSSR count). The van der Waals surface area contributed by atoms with Crippen LogP contribution in [0.5, 0.6) is 0 Å². The van der Waals surface area contributed by atoms with Crippen molar-refractivity contribution >= 4 is 10.0 Å². The number of sulfonamides is 1. The molecule has 0 aromatic heterocycles. The fourth-order valence-electron chi connectivity index (χ4n) is 2.27. The molecule has 0 aliphatic rings. The highest BCUT2D eigenvalue weighted by molar-refractivity contribution is 7.89. The molecule has 1 unspecified atom stereocenters. The number of hydrogen-bond acceptors (Lipinski definition) is 4. The second-order valence-electron chi connectivity index (χ2n) is 5.51. The monoisotopic (exact) mass is 328 g/mol. The molecular formula is C16H28N2O3S. The molecule has 0 bridgehead atoms. The molecule has 0 amide bonds. The van der Waals surface area contributed by atoms with Gasteiger partial charge in [0.05, 0.1) is 6.61 Å². The zero-order valence-corrected chi connectivity index (χ0v) is 13.9. The number of nitrogens with two attached hydrogens (primary N) is 2. The van der Waals surface area contributed by atoms with Gasteiger partial charge in [-0.3, -0.25) is 0 Å². The number of unbranched alkanes of at least 4 members (excludes halogenated alkanes) is 5. The van der Waals surface area contributed by atoms with Gasteiger partial charge < -0.3 is 10.5 Å². The normalized spacial score (nSPS) is 13.2. The molecule has 0 spiro atoms. The Kier molecular flexibility index (Phi) is 9.31. The van der Waals surface area contributed by atoms with Gasteiger partial charge in [0.1, 0.15) is 0 Å². The number of rotatable bonds is 12.